The summed E-state index contributed by atoms with van der Waals surface area (Å²) in [7, 11) is 3.31. The first kappa shape index (κ1) is 16.9. The van der Waals surface area contributed by atoms with Crippen LogP contribution in [0.2, 0.25) is 0 Å². The molecule has 0 bridgehead atoms. The maximum atomic E-state index is 12.2. The van der Waals surface area contributed by atoms with Gasteiger partial charge in [0, 0.05) is 32.3 Å². The summed E-state index contributed by atoms with van der Waals surface area (Å²) in [6.07, 6.45) is 7.66. The second kappa shape index (κ2) is 7.76. The molecule has 0 radical (unpaired) electrons. The minimum Gasteiger partial charge on any atom is -0.494 e. The number of hydrogen-bond donors (Lipinski definition) is 2. The third-order valence-electron chi connectivity index (χ3n) is 4.86. The highest BCUT2D eigenvalue weighted by molar-refractivity contribution is 5.87. The Morgan fingerprint density at radius 1 is 1.25 bits per heavy atom. The Kier molecular flexibility index (Phi) is 5.47. The summed E-state index contributed by atoms with van der Waals surface area (Å²) in [6.45, 7) is 1.98. The Hall–Kier alpha value is -1.93. The van der Waals surface area contributed by atoms with E-state index in [1.54, 1.807) is 14.2 Å². The quantitative estimate of drug-likeness (QED) is 0.842. The third-order valence-corrected chi connectivity index (χ3v) is 4.86. The molecular formula is C16H25N5O3. The van der Waals surface area contributed by atoms with Crippen molar-refractivity contribution in [3.05, 3.63) is 12.4 Å². The Labute approximate surface area is 141 Å². The number of amides is 2. The fourth-order valence-electron chi connectivity index (χ4n) is 3.59. The minimum atomic E-state index is -0.264. The molecule has 3 atom stereocenters. The van der Waals surface area contributed by atoms with Crippen molar-refractivity contribution in [1.82, 2.24) is 20.2 Å². The summed E-state index contributed by atoms with van der Waals surface area (Å²) in [5.74, 6) is 0.821. The molecule has 1 saturated heterocycles. The predicted octanol–water partition coefficient (Wildman–Crippen LogP) is 1.25. The minimum absolute atomic E-state index is 0.152. The number of ether oxygens (including phenoxy) is 2. The van der Waals surface area contributed by atoms with Crippen LogP contribution in [0, 0.1) is 0 Å². The number of methoxy groups -OCH3 is 2. The normalized spacial score (nSPS) is 27.2. The molecule has 8 heteroatoms. The maximum absolute atomic E-state index is 12.2. The van der Waals surface area contributed by atoms with E-state index in [9.17, 15) is 4.79 Å². The van der Waals surface area contributed by atoms with Crippen molar-refractivity contribution in [3.63, 3.8) is 0 Å². The van der Waals surface area contributed by atoms with Crippen LogP contribution in [0.5, 0.6) is 5.75 Å². The lowest BCUT2D eigenvalue weighted by atomic mass is 10.1. The van der Waals surface area contributed by atoms with Crippen LogP contribution < -0.4 is 15.4 Å². The number of nitrogens with one attached hydrogen (secondary N) is 2. The number of aromatic nitrogens is 2. The fraction of sp³-hybridized carbons (Fsp3) is 0.688. The Bertz CT molecular complexity index is 553. The van der Waals surface area contributed by atoms with Crippen LogP contribution in [0.1, 0.15) is 25.7 Å². The van der Waals surface area contributed by atoms with Crippen molar-refractivity contribution in [1.29, 1.82) is 0 Å². The SMILES string of the molecule is COc1cnc(NC(=O)N[C@H]2CCC[C@H]2N2CCC(OC)C2)nc1. The lowest BCUT2D eigenvalue weighted by Gasteiger charge is -2.29. The van der Waals surface area contributed by atoms with Crippen LogP contribution >= 0.6 is 0 Å². The van der Waals surface area contributed by atoms with Gasteiger partial charge in [0.25, 0.3) is 0 Å². The molecule has 1 aromatic rings. The van der Waals surface area contributed by atoms with E-state index in [2.05, 4.69) is 25.5 Å². The van der Waals surface area contributed by atoms with Crippen molar-refractivity contribution in [2.45, 2.75) is 43.9 Å². The maximum Gasteiger partial charge on any atom is 0.321 e. The van der Waals surface area contributed by atoms with Crippen molar-refractivity contribution < 1.29 is 14.3 Å². The molecule has 2 heterocycles. The van der Waals surface area contributed by atoms with Crippen molar-refractivity contribution in [2.75, 3.05) is 32.6 Å². The summed E-state index contributed by atoms with van der Waals surface area (Å²) < 4.78 is 10.4. The van der Waals surface area contributed by atoms with E-state index in [4.69, 9.17) is 9.47 Å². The van der Waals surface area contributed by atoms with Gasteiger partial charge in [0.05, 0.1) is 25.6 Å². The second-order valence-corrected chi connectivity index (χ2v) is 6.29. The number of rotatable bonds is 5. The van der Waals surface area contributed by atoms with Gasteiger partial charge in [0.1, 0.15) is 0 Å². The predicted molar refractivity (Wildman–Crippen MR) is 89.2 cm³/mol. The molecule has 1 unspecified atom stereocenters. The van der Waals surface area contributed by atoms with E-state index >= 15 is 0 Å². The zero-order valence-electron chi connectivity index (χ0n) is 14.2. The molecule has 1 saturated carbocycles. The lowest BCUT2D eigenvalue weighted by Crippen LogP contribution is -2.49. The van der Waals surface area contributed by atoms with Gasteiger partial charge in [-0.05, 0) is 25.7 Å². The van der Waals surface area contributed by atoms with E-state index in [1.807, 2.05) is 0 Å². The van der Waals surface area contributed by atoms with Crippen molar-refractivity contribution >= 4 is 12.0 Å². The number of hydrogen-bond acceptors (Lipinski definition) is 6. The van der Waals surface area contributed by atoms with Gasteiger partial charge in [-0.25, -0.2) is 14.8 Å². The molecule has 1 aliphatic heterocycles. The van der Waals surface area contributed by atoms with Crippen LogP contribution in [-0.4, -0.2) is 66.4 Å². The van der Waals surface area contributed by atoms with E-state index in [0.29, 0.717) is 17.9 Å². The molecule has 2 aliphatic rings. The van der Waals surface area contributed by atoms with Crippen LogP contribution in [-0.2, 0) is 4.74 Å². The molecule has 0 spiro atoms. The van der Waals surface area contributed by atoms with Crippen molar-refractivity contribution in [3.8, 4) is 5.75 Å². The molecule has 8 nitrogen and oxygen atoms in total. The van der Waals surface area contributed by atoms with Crippen LogP contribution in [0.4, 0.5) is 10.7 Å². The largest absolute Gasteiger partial charge is 0.494 e. The zero-order chi connectivity index (χ0) is 16.9. The standard InChI is InChI=1S/C16H25N5O3/c1-23-11-6-7-21(10-11)14-5-3-4-13(14)19-16(22)20-15-17-8-12(24-2)9-18-15/h8-9,11,13-14H,3-7,10H2,1-2H3,(H2,17,18,19,20,22)/t11?,13-,14+/m0/s1. The Balaban J connectivity index is 1.53. The highest BCUT2D eigenvalue weighted by atomic mass is 16.5. The molecule has 1 aliphatic carbocycles. The Morgan fingerprint density at radius 3 is 2.71 bits per heavy atom. The highest BCUT2D eigenvalue weighted by Gasteiger charge is 2.36. The summed E-state index contributed by atoms with van der Waals surface area (Å²) in [5.41, 5.74) is 0. The van der Waals surface area contributed by atoms with E-state index in [1.165, 1.54) is 12.4 Å². The average molecular weight is 335 g/mol. The number of likely N-dealkylation sites (tertiary alicyclic amines) is 1. The first-order chi connectivity index (χ1) is 11.7. The lowest BCUT2D eigenvalue weighted by molar-refractivity contribution is 0.0985. The fourth-order valence-corrected chi connectivity index (χ4v) is 3.59. The number of carbonyl (C=O) groups is 1. The number of carbonyl (C=O) groups excluding carboxylic acids is 1. The van der Waals surface area contributed by atoms with Gasteiger partial charge in [-0.2, -0.15) is 0 Å². The van der Waals surface area contributed by atoms with Crippen LogP contribution in [0.15, 0.2) is 12.4 Å². The van der Waals surface area contributed by atoms with Crippen LogP contribution in [0.3, 0.4) is 0 Å². The molecule has 0 aromatic carbocycles. The van der Waals surface area contributed by atoms with Gasteiger partial charge in [0.15, 0.2) is 5.75 Å². The molecule has 2 fully saturated rings. The Morgan fingerprint density at radius 2 is 2.04 bits per heavy atom. The first-order valence-corrected chi connectivity index (χ1v) is 8.40. The number of anilines is 1. The summed E-state index contributed by atoms with van der Waals surface area (Å²) in [4.78, 5) is 22.8. The van der Waals surface area contributed by atoms with Crippen LogP contribution in [0.25, 0.3) is 0 Å². The van der Waals surface area contributed by atoms with Gasteiger partial charge in [-0.3, -0.25) is 10.2 Å². The highest BCUT2D eigenvalue weighted by Crippen LogP contribution is 2.28. The second-order valence-electron chi connectivity index (χ2n) is 6.29. The van der Waals surface area contributed by atoms with E-state index in [0.717, 1.165) is 38.8 Å². The van der Waals surface area contributed by atoms with E-state index < -0.39 is 0 Å². The summed E-state index contributed by atoms with van der Waals surface area (Å²) in [6, 6.07) is 0.270. The van der Waals surface area contributed by atoms with Gasteiger partial charge in [-0.1, -0.05) is 0 Å². The van der Waals surface area contributed by atoms with Gasteiger partial charge < -0.3 is 14.8 Å². The summed E-state index contributed by atoms with van der Waals surface area (Å²) >= 11 is 0. The monoisotopic (exact) mass is 335 g/mol. The molecule has 132 valence electrons. The zero-order valence-corrected chi connectivity index (χ0v) is 14.2. The molecule has 2 N–H and O–H groups in total. The molecule has 1 aromatic heterocycles. The molecular weight excluding hydrogens is 310 g/mol. The third kappa shape index (κ3) is 3.93. The topological polar surface area (TPSA) is 88.6 Å². The molecule has 24 heavy (non-hydrogen) atoms. The molecule has 2 amide bonds. The molecule has 3 rings (SSSR count). The van der Waals surface area contributed by atoms with Gasteiger partial charge >= 0.3 is 6.03 Å². The smallest absolute Gasteiger partial charge is 0.321 e. The van der Waals surface area contributed by atoms with Gasteiger partial charge in [-0.15, -0.1) is 0 Å². The van der Waals surface area contributed by atoms with Gasteiger partial charge in [0.2, 0.25) is 5.95 Å². The summed E-state index contributed by atoms with van der Waals surface area (Å²) in [5, 5.41) is 5.75. The number of nitrogens with zero attached hydrogens (tertiary/aromatic N) is 3. The first-order valence-electron chi connectivity index (χ1n) is 8.40. The number of urea groups is 1. The average Bonchev–Trinajstić information content (AvgIpc) is 3.24. The van der Waals surface area contributed by atoms with Crippen molar-refractivity contribution in [2.24, 2.45) is 0 Å². The van der Waals surface area contributed by atoms with E-state index in [-0.39, 0.29) is 18.0 Å².